The van der Waals surface area contributed by atoms with Crippen LogP contribution in [0.25, 0.3) is 10.9 Å². The molecule has 6 heteroatoms. The third kappa shape index (κ3) is 4.38. The fourth-order valence-electron chi connectivity index (χ4n) is 2.38. The predicted molar refractivity (Wildman–Crippen MR) is 99.6 cm³/mol. The molecule has 2 aromatic rings. The lowest BCUT2D eigenvalue weighted by Gasteiger charge is -2.18. The van der Waals surface area contributed by atoms with Gasteiger partial charge in [0, 0.05) is 12.6 Å². The van der Waals surface area contributed by atoms with Gasteiger partial charge in [0.05, 0.1) is 16.7 Å². The van der Waals surface area contributed by atoms with E-state index in [1.807, 2.05) is 32.0 Å². The first-order valence-corrected chi connectivity index (χ1v) is 9.47. The van der Waals surface area contributed by atoms with E-state index in [-0.39, 0.29) is 23.3 Å². The van der Waals surface area contributed by atoms with Gasteiger partial charge in [-0.3, -0.25) is 14.2 Å². The molecule has 0 aliphatic rings. The van der Waals surface area contributed by atoms with Crippen molar-refractivity contribution in [3.8, 4) is 0 Å². The molecule has 0 aliphatic heterocycles. The molecule has 5 nitrogen and oxygen atoms in total. The molecule has 130 valence electrons. The highest BCUT2D eigenvalue weighted by Crippen LogP contribution is 2.22. The summed E-state index contributed by atoms with van der Waals surface area (Å²) in [6, 6.07) is 7.40. The van der Waals surface area contributed by atoms with E-state index in [0.29, 0.717) is 22.6 Å². The van der Waals surface area contributed by atoms with Crippen molar-refractivity contribution in [3.05, 3.63) is 34.6 Å². The number of carbonyl (C=O) groups is 1. The number of hydrogen-bond acceptors (Lipinski definition) is 4. The number of aromatic nitrogens is 2. The van der Waals surface area contributed by atoms with Crippen molar-refractivity contribution in [3.63, 3.8) is 0 Å². The molecule has 1 heterocycles. The normalized spacial score (nSPS) is 12.3. The van der Waals surface area contributed by atoms with Crippen LogP contribution in [0.4, 0.5) is 0 Å². The molecule has 0 fully saturated rings. The van der Waals surface area contributed by atoms with Gasteiger partial charge in [-0.1, -0.05) is 44.2 Å². The van der Waals surface area contributed by atoms with Gasteiger partial charge in [0.2, 0.25) is 5.91 Å². The summed E-state index contributed by atoms with van der Waals surface area (Å²) in [6.45, 7) is 6.82. The first-order chi connectivity index (χ1) is 11.6. The smallest absolute Gasteiger partial charge is 0.262 e. The van der Waals surface area contributed by atoms with E-state index in [2.05, 4.69) is 17.2 Å². The first-order valence-electron chi connectivity index (χ1n) is 8.49. The van der Waals surface area contributed by atoms with Crippen molar-refractivity contribution >= 4 is 28.6 Å². The number of benzene rings is 1. The van der Waals surface area contributed by atoms with Crippen molar-refractivity contribution in [1.29, 1.82) is 0 Å². The summed E-state index contributed by atoms with van der Waals surface area (Å²) < 4.78 is 1.71. The second kappa shape index (κ2) is 8.87. The van der Waals surface area contributed by atoms with Gasteiger partial charge in [-0.05, 0) is 31.9 Å². The van der Waals surface area contributed by atoms with Gasteiger partial charge in [0.25, 0.3) is 5.56 Å². The maximum atomic E-state index is 12.8. The van der Waals surface area contributed by atoms with E-state index >= 15 is 0 Å². The van der Waals surface area contributed by atoms with E-state index in [9.17, 15) is 9.59 Å². The van der Waals surface area contributed by atoms with Gasteiger partial charge < -0.3 is 5.32 Å². The third-order valence-electron chi connectivity index (χ3n) is 3.99. The quantitative estimate of drug-likeness (QED) is 0.452. The van der Waals surface area contributed by atoms with Gasteiger partial charge in [-0.25, -0.2) is 4.98 Å². The van der Waals surface area contributed by atoms with Gasteiger partial charge in [-0.15, -0.1) is 0 Å². The maximum absolute atomic E-state index is 12.8. The summed E-state index contributed by atoms with van der Waals surface area (Å²) in [7, 11) is 0. The van der Waals surface area contributed by atoms with Crippen molar-refractivity contribution in [2.75, 3.05) is 12.3 Å². The molecule has 0 bridgehead atoms. The highest BCUT2D eigenvalue weighted by molar-refractivity contribution is 7.99. The summed E-state index contributed by atoms with van der Waals surface area (Å²) in [5.41, 5.74) is 0.639. The number of rotatable bonds is 8. The zero-order chi connectivity index (χ0) is 17.5. The fourth-order valence-corrected chi connectivity index (χ4v) is 3.31. The first kappa shape index (κ1) is 18.5. The summed E-state index contributed by atoms with van der Waals surface area (Å²) >= 11 is 1.33. The Hall–Kier alpha value is -1.82. The van der Waals surface area contributed by atoms with Crippen LogP contribution >= 0.6 is 11.8 Å². The topological polar surface area (TPSA) is 64.0 Å². The number of fused-ring (bicyclic) bond motifs is 1. The highest BCUT2D eigenvalue weighted by atomic mass is 32.2. The van der Waals surface area contributed by atoms with Gasteiger partial charge >= 0.3 is 0 Å². The molecule has 1 aromatic heterocycles. The molecule has 24 heavy (non-hydrogen) atoms. The molecule has 0 aliphatic carbocycles. The number of amides is 1. The van der Waals surface area contributed by atoms with E-state index < -0.39 is 0 Å². The molecule has 0 spiro atoms. The fraction of sp³-hybridized carbons (Fsp3) is 0.500. The lowest BCUT2D eigenvalue weighted by molar-refractivity contribution is -0.118. The van der Waals surface area contributed by atoms with Crippen LogP contribution in [0.3, 0.4) is 0 Å². The molecule has 1 N–H and O–H groups in total. The van der Waals surface area contributed by atoms with Crippen LogP contribution in [-0.2, 0) is 4.79 Å². The molecule has 0 unspecified atom stereocenters. The number of carbonyl (C=O) groups excluding carboxylic acids is 1. The number of thioether (sulfide) groups is 1. The second-order valence-corrected chi connectivity index (χ2v) is 6.78. The summed E-state index contributed by atoms with van der Waals surface area (Å²) in [5, 5.41) is 4.12. The van der Waals surface area contributed by atoms with Gasteiger partial charge in [0.15, 0.2) is 5.16 Å². The average molecular weight is 347 g/mol. The standard InChI is InChI=1S/C18H25N3O2S/c1-4-6-11-19-16(22)12-24-18-20-15-10-8-7-9-14(15)17(23)21(18)13(3)5-2/h7-10,13H,4-6,11-12H2,1-3H3,(H,19,22)/t13-/m1/s1. The highest BCUT2D eigenvalue weighted by Gasteiger charge is 2.16. The van der Waals surface area contributed by atoms with Crippen LogP contribution < -0.4 is 10.9 Å². The van der Waals surface area contributed by atoms with Gasteiger partial charge in [0.1, 0.15) is 0 Å². The summed E-state index contributed by atoms with van der Waals surface area (Å²) in [5.74, 6) is 0.247. The molecule has 2 rings (SSSR count). The van der Waals surface area contributed by atoms with Crippen molar-refractivity contribution < 1.29 is 4.79 Å². The van der Waals surface area contributed by atoms with Crippen LogP contribution in [-0.4, -0.2) is 27.8 Å². The van der Waals surface area contributed by atoms with Gasteiger partial charge in [-0.2, -0.15) is 0 Å². The second-order valence-electron chi connectivity index (χ2n) is 5.84. The number of hydrogen-bond donors (Lipinski definition) is 1. The molecular weight excluding hydrogens is 322 g/mol. The molecule has 0 radical (unpaired) electrons. The lowest BCUT2D eigenvalue weighted by atomic mass is 10.2. The zero-order valence-electron chi connectivity index (χ0n) is 14.5. The monoisotopic (exact) mass is 347 g/mol. The maximum Gasteiger partial charge on any atom is 0.262 e. The number of nitrogens with zero attached hydrogens (tertiary/aromatic N) is 2. The Morgan fingerprint density at radius 1 is 1.33 bits per heavy atom. The third-order valence-corrected chi connectivity index (χ3v) is 4.94. The Bertz CT molecular complexity index is 758. The van der Waals surface area contributed by atoms with Crippen LogP contribution in [0, 0.1) is 0 Å². The Morgan fingerprint density at radius 2 is 2.08 bits per heavy atom. The van der Waals surface area contributed by atoms with Crippen LogP contribution in [0.2, 0.25) is 0 Å². The Morgan fingerprint density at radius 3 is 2.79 bits per heavy atom. The number of unbranched alkanes of at least 4 members (excludes halogenated alkanes) is 1. The molecule has 0 saturated heterocycles. The van der Waals surface area contributed by atoms with E-state index in [0.717, 1.165) is 19.3 Å². The van der Waals surface area contributed by atoms with Crippen molar-refractivity contribution in [1.82, 2.24) is 14.9 Å². The van der Waals surface area contributed by atoms with Crippen LogP contribution in [0.5, 0.6) is 0 Å². The molecule has 1 atom stereocenters. The Kier molecular flexibility index (Phi) is 6.85. The van der Waals surface area contributed by atoms with E-state index in [4.69, 9.17) is 0 Å². The van der Waals surface area contributed by atoms with E-state index in [1.54, 1.807) is 10.6 Å². The lowest BCUT2D eigenvalue weighted by Crippen LogP contribution is -2.28. The summed E-state index contributed by atoms with van der Waals surface area (Å²) in [6.07, 6.45) is 2.85. The largest absolute Gasteiger partial charge is 0.355 e. The molecule has 1 amide bonds. The van der Waals surface area contributed by atoms with Crippen LogP contribution in [0.1, 0.15) is 46.1 Å². The minimum absolute atomic E-state index is 0.0217. The van der Waals surface area contributed by atoms with E-state index in [1.165, 1.54) is 11.8 Å². The minimum atomic E-state index is -0.0381. The summed E-state index contributed by atoms with van der Waals surface area (Å²) in [4.78, 5) is 29.4. The Balaban J connectivity index is 2.27. The Labute approximate surface area is 146 Å². The molecule has 0 saturated carbocycles. The van der Waals surface area contributed by atoms with Crippen LogP contribution in [0.15, 0.2) is 34.2 Å². The minimum Gasteiger partial charge on any atom is -0.355 e. The average Bonchev–Trinajstić information content (AvgIpc) is 2.59. The zero-order valence-corrected chi connectivity index (χ0v) is 15.4. The number of nitrogens with one attached hydrogen (secondary N) is 1. The molecular formula is C18H25N3O2S. The van der Waals surface area contributed by atoms with Crippen molar-refractivity contribution in [2.45, 2.75) is 51.2 Å². The predicted octanol–water partition coefficient (Wildman–Crippen LogP) is 3.38. The SMILES string of the molecule is CCCCNC(=O)CSc1nc2ccccc2c(=O)n1[C@H](C)CC. The van der Waals surface area contributed by atoms with Crippen molar-refractivity contribution in [2.24, 2.45) is 0 Å². The molecule has 1 aromatic carbocycles. The number of para-hydroxylation sites is 1.